The van der Waals surface area contributed by atoms with Gasteiger partial charge < -0.3 is 5.32 Å². The van der Waals surface area contributed by atoms with E-state index in [1.54, 1.807) is 12.4 Å². The molecule has 28 heavy (non-hydrogen) atoms. The van der Waals surface area contributed by atoms with Gasteiger partial charge in [-0.3, -0.25) is 14.9 Å². The molecule has 1 atom stereocenters. The number of nitrogens with zero attached hydrogens (tertiary/aromatic N) is 3. The number of H-pyrrole nitrogens is 1. The molecule has 1 amide bonds. The second kappa shape index (κ2) is 7.17. The van der Waals surface area contributed by atoms with Crippen molar-refractivity contribution >= 4 is 17.7 Å². The van der Waals surface area contributed by atoms with Crippen molar-refractivity contribution in [2.45, 2.75) is 56.6 Å². The van der Waals surface area contributed by atoms with Crippen LogP contribution in [-0.2, 0) is 4.79 Å². The summed E-state index contributed by atoms with van der Waals surface area (Å²) in [7, 11) is 0. The summed E-state index contributed by atoms with van der Waals surface area (Å²) in [5.41, 5.74) is 1.28. The zero-order chi connectivity index (χ0) is 19.1. The van der Waals surface area contributed by atoms with Crippen molar-refractivity contribution in [2.75, 3.05) is 5.75 Å². The largest absolute Gasteiger partial charge is 0.352 e. The standard InChI is InChI=1S/C21H27N5OS/c1-13(21-9-14-6-15(10-21)8-16(7-14)11-21)23-18(27)12-28-20-24-19(25-26-20)17-2-4-22-5-3-17/h2-5,13-16H,6-12H2,1H3,(H,23,27)(H,24,25,26)/t13-,14?,15?,16?,21?/m1/s1. The Labute approximate surface area is 169 Å². The van der Waals surface area contributed by atoms with Crippen molar-refractivity contribution in [1.82, 2.24) is 25.5 Å². The molecule has 0 radical (unpaired) electrons. The topological polar surface area (TPSA) is 83.6 Å². The number of carbonyl (C=O) groups excluding carboxylic acids is 1. The van der Waals surface area contributed by atoms with Crippen molar-refractivity contribution in [3.63, 3.8) is 0 Å². The van der Waals surface area contributed by atoms with E-state index in [-0.39, 0.29) is 11.9 Å². The maximum Gasteiger partial charge on any atom is 0.230 e. The third kappa shape index (κ3) is 3.45. The Morgan fingerprint density at radius 3 is 2.50 bits per heavy atom. The molecule has 6 nitrogen and oxygen atoms in total. The summed E-state index contributed by atoms with van der Waals surface area (Å²) in [5, 5.41) is 11.1. The number of hydrogen-bond acceptors (Lipinski definition) is 5. The summed E-state index contributed by atoms with van der Waals surface area (Å²) in [5.74, 6) is 3.85. The van der Waals surface area contributed by atoms with Crippen LogP contribution in [0, 0.1) is 23.2 Å². The van der Waals surface area contributed by atoms with Gasteiger partial charge in [0.05, 0.1) is 5.75 Å². The van der Waals surface area contributed by atoms with Gasteiger partial charge in [-0.1, -0.05) is 11.8 Å². The summed E-state index contributed by atoms with van der Waals surface area (Å²) < 4.78 is 0. The number of amides is 1. The molecule has 4 fully saturated rings. The Kier molecular flexibility index (Phi) is 4.65. The zero-order valence-electron chi connectivity index (χ0n) is 16.2. The second-order valence-corrected chi connectivity index (χ2v) is 10.0. The molecule has 4 bridgehead atoms. The van der Waals surface area contributed by atoms with E-state index in [4.69, 9.17) is 0 Å². The van der Waals surface area contributed by atoms with Gasteiger partial charge in [0, 0.05) is 24.0 Å². The van der Waals surface area contributed by atoms with Crippen LogP contribution in [0.3, 0.4) is 0 Å². The predicted octanol–water partition coefficient (Wildman–Crippen LogP) is 3.68. The number of hydrogen-bond donors (Lipinski definition) is 2. The Morgan fingerprint density at radius 1 is 1.21 bits per heavy atom. The molecular formula is C21H27N5OS. The van der Waals surface area contributed by atoms with E-state index >= 15 is 0 Å². The van der Waals surface area contributed by atoms with Crippen molar-refractivity contribution in [3.8, 4) is 11.4 Å². The van der Waals surface area contributed by atoms with E-state index in [0.717, 1.165) is 23.3 Å². The van der Waals surface area contributed by atoms with Crippen LogP contribution in [0.2, 0.25) is 0 Å². The van der Waals surface area contributed by atoms with E-state index in [1.807, 2.05) is 12.1 Å². The zero-order valence-corrected chi connectivity index (χ0v) is 17.0. The summed E-state index contributed by atoms with van der Waals surface area (Å²) in [6, 6.07) is 4.03. The molecule has 0 aromatic carbocycles. The molecule has 4 aliphatic carbocycles. The van der Waals surface area contributed by atoms with E-state index in [0.29, 0.717) is 22.1 Å². The Balaban J connectivity index is 1.17. The van der Waals surface area contributed by atoms with Crippen molar-refractivity contribution < 1.29 is 4.79 Å². The summed E-state index contributed by atoms with van der Waals surface area (Å²) >= 11 is 1.38. The molecule has 2 N–H and O–H groups in total. The molecule has 0 saturated heterocycles. The lowest BCUT2D eigenvalue weighted by Crippen LogP contribution is -2.56. The first-order valence-corrected chi connectivity index (χ1v) is 11.3. The number of nitrogens with one attached hydrogen (secondary N) is 2. The average Bonchev–Trinajstić information content (AvgIpc) is 3.15. The Hall–Kier alpha value is -1.89. The van der Waals surface area contributed by atoms with Gasteiger partial charge in [-0.2, -0.15) is 0 Å². The number of aromatic amines is 1. The number of rotatable bonds is 6. The van der Waals surface area contributed by atoms with E-state index in [2.05, 4.69) is 32.4 Å². The minimum Gasteiger partial charge on any atom is -0.352 e. The van der Waals surface area contributed by atoms with Crippen LogP contribution in [0.5, 0.6) is 0 Å². The quantitative estimate of drug-likeness (QED) is 0.727. The fourth-order valence-corrected chi connectivity index (χ4v) is 6.83. The first kappa shape index (κ1) is 18.2. The summed E-state index contributed by atoms with van der Waals surface area (Å²) in [6.45, 7) is 2.23. The van der Waals surface area contributed by atoms with Crippen LogP contribution in [-0.4, -0.2) is 37.9 Å². The van der Waals surface area contributed by atoms with E-state index in [1.165, 1.54) is 50.3 Å². The Morgan fingerprint density at radius 2 is 1.86 bits per heavy atom. The van der Waals surface area contributed by atoms with E-state index in [9.17, 15) is 4.79 Å². The van der Waals surface area contributed by atoms with Gasteiger partial charge >= 0.3 is 0 Å². The fraction of sp³-hybridized carbons (Fsp3) is 0.619. The fourth-order valence-electron chi connectivity index (χ4n) is 6.22. The highest BCUT2D eigenvalue weighted by molar-refractivity contribution is 7.99. The lowest BCUT2D eigenvalue weighted by Gasteiger charge is -2.59. The molecule has 6 rings (SSSR count). The lowest BCUT2D eigenvalue weighted by molar-refractivity contribution is -0.123. The van der Waals surface area contributed by atoms with Gasteiger partial charge in [0.2, 0.25) is 11.1 Å². The average molecular weight is 398 g/mol. The molecule has 0 aliphatic heterocycles. The number of aromatic nitrogens is 4. The minimum atomic E-state index is 0.0866. The molecule has 7 heteroatoms. The van der Waals surface area contributed by atoms with Gasteiger partial charge in [-0.05, 0) is 80.8 Å². The predicted molar refractivity (Wildman–Crippen MR) is 109 cm³/mol. The molecule has 2 heterocycles. The molecule has 2 aromatic heterocycles. The van der Waals surface area contributed by atoms with Crippen molar-refractivity contribution in [2.24, 2.45) is 23.2 Å². The minimum absolute atomic E-state index is 0.0866. The molecule has 2 aromatic rings. The van der Waals surface area contributed by atoms with Gasteiger partial charge in [0.15, 0.2) is 5.82 Å². The van der Waals surface area contributed by atoms with E-state index < -0.39 is 0 Å². The molecule has 4 aliphatic rings. The third-order valence-corrected chi connectivity index (χ3v) is 7.98. The molecule has 4 saturated carbocycles. The van der Waals surface area contributed by atoms with Gasteiger partial charge in [-0.15, -0.1) is 5.10 Å². The lowest BCUT2D eigenvalue weighted by atomic mass is 9.48. The van der Waals surface area contributed by atoms with Crippen LogP contribution in [0.15, 0.2) is 29.7 Å². The van der Waals surface area contributed by atoms with Gasteiger partial charge in [-0.25, -0.2) is 4.98 Å². The maximum atomic E-state index is 12.6. The smallest absolute Gasteiger partial charge is 0.230 e. The van der Waals surface area contributed by atoms with Gasteiger partial charge in [0.1, 0.15) is 0 Å². The van der Waals surface area contributed by atoms with Crippen molar-refractivity contribution in [1.29, 1.82) is 0 Å². The van der Waals surface area contributed by atoms with Crippen LogP contribution < -0.4 is 5.32 Å². The number of thioether (sulfide) groups is 1. The number of carbonyl (C=O) groups is 1. The third-order valence-electron chi connectivity index (χ3n) is 7.13. The highest BCUT2D eigenvalue weighted by Crippen LogP contribution is 2.61. The van der Waals surface area contributed by atoms with Crippen LogP contribution >= 0.6 is 11.8 Å². The van der Waals surface area contributed by atoms with Crippen LogP contribution in [0.25, 0.3) is 11.4 Å². The van der Waals surface area contributed by atoms with Crippen LogP contribution in [0.4, 0.5) is 0 Å². The second-order valence-electron chi connectivity index (χ2n) is 9.06. The molecule has 0 unspecified atom stereocenters. The molecule has 148 valence electrons. The molecular weight excluding hydrogens is 370 g/mol. The highest BCUT2D eigenvalue weighted by Gasteiger charge is 2.53. The Bertz CT molecular complexity index is 816. The van der Waals surface area contributed by atoms with Crippen LogP contribution in [0.1, 0.15) is 45.4 Å². The molecule has 0 spiro atoms. The van der Waals surface area contributed by atoms with Crippen molar-refractivity contribution in [3.05, 3.63) is 24.5 Å². The van der Waals surface area contributed by atoms with Gasteiger partial charge in [0.25, 0.3) is 0 Å². The summed E-state index contributed by atoms with van der Waals surface area (Å²) in [4.78, 5) is 21.1. The first-order valence-electron chi connectivity index (χ1n) is 10.3. The first-order chi connectivity index (χ1) is 13.6. The SMILES string of the molecule is C[C@@H](NC(=O)CSc1n[nH]c(-c2ccncc2)n1)C12CC3CC(CC(C3)C1)C2. The normalized spacial score (nSPS) is 31.7. The highest BCUT2D eigenvalue weighted by atomic mass is 32.2. The monoisotopic (exact) mass is 397 g/mol. The number of pyridine rings is 1. The maximum absolute atomic E-state index is 12.6. The summed E-state index contributed by atoms with van der Waals surface area (Å²) in [6.07, 6.45) is 11.7.